The van der Waals surface area contributed by atoms with Gasteiger partial charge in [0.2, 0.25) is 5.75 Å². The van der Waals surface area contributed by atoms with Crippen LogP contribution in [0.1, 0.15) is 5.56 Å². The molecule has 6 heteroatoms. The zero-order chi connectivity index (χ0) is 11.4. The molecule has 0 aliphatic carbocycles. The summed E-state index contributed by atoms with van der Waals surface area (Å²) in [6, 6.07) is 2.16. The lowest BCUT2D eigenvalue weighted by molar-refractivity contribution is -0.386. The summed E-state index contributed by atoms with van der Waals surface area (Å²) in [4.78, 5) is 19.6. The molecule has 6 nitrogen and oxygen atoms in total. The molecule has 2 N–H and O–H groups in total. The van der Waals surface area contributed by atoms with E-state index < -0.39 is 22.1 Å². The van der Waals surface area contributed by atoms with Gasteiger partial charge in [0, 0.05) is 6.07 Å². The summed E-state index contributed by atoms with van der Waals surface area (Å²) in [7, 11) is 0. The maximum Gasteiger partial charge on any atom is 0.315 e. The number of phenolic OH excluding ortho intramolecular Hbond substituents is 2. The molecule has 0 bridgehead atoms. The number of phenols is 2. The van der Waals surface area contributed by atoms with Crippen LogP contribution in [0.2, 0.25) is 0 Å². The van der Waals surface area contributed by atoms with Crippen LogP contribution in [0.5, 0.6) is 11.5 Å². The molecule has 1 aromatic rings. The van der Waals surface area contributed by atoms with Crippen molar-refractivity contribution in [3.8, 4) is 11.5 Å². The molecule has 15 heavy (non-hydrogen) atoms. The standard InChI is InChI=1S/C9H7NO5/c11-3-1-2-6-4-7(10(14)15)9(13)8(12)5-6/h1-5,12-13H. The van der Waals surface area contributed by atoms with Gasteiger partial charge in [0.1, 0.15) is 6.29 Å². The van der Waals surface area contributed by atoms with Crippen molar-refractivity contribution in [2.75, 3.05) is 0 Å². The first-order valence-corrected chi connectivity index (χ1v) is 3.88. The van der Waals surface area contributed by atoms with Crippen molar-refractivity contribution < 1.29 is 19.9 Å². The van der Waals surface area contributed by atoms with Gasteiger partial charge in [-0.05, 0) is 17.7 Å². The van der Waals surface area contributed by atoms with Gasteiger partial charge in [0.05, 0.1) is 4.92 Å². The van der Waals surface area contributed by atoms with Crippen LogP contribution in [-0.4, -0.2) is 21.4 Å². The number of aldehydes is 1. The van der Waals surface area contributed by atoms with E-state index in [0.29, 0.717) is 6.29 Å². The summed E-state index contributed by atoms with van der Waals surface area (Å²) in [6.07, 6.45) is 2.89. The molecule has 1 rings (SSSR count). The second-order valence-electron chi connectivity index (χ2n) is 2.66. The van der Waals surface area contributed by atoms with Crippen LogP contribution in [0.25, 0.3) is 6.08 Å². The van der Waals surface area contributed by atoms with Crippen LogP contribution < -0.4 is 0 Å². The number of nitro benzene ring substituents is 1. The van der Waals surface area contributed by atoms with Crippen molar-refractivity contribution in [3.63, 3.8) is 0 Å². The Hall–Kier alpha value is -2.37. The van der Waals surface area contributed by atoms with Crippen molar-refractivity contribution >= 4 is 18.0 Å². The van der Waals surface area contributed by atoms with E-state index in [1.165, 1.54) is 6.08 Å². The first-order chi connectivity index (χ1) is 7.06. The Labute approximate surface area is 84.2 Å². The highest BCUT2D eigenvalue weighted by Gasteiger charge is 2.17. The summed E-state index contributed by atoms with van der Waals surface area (Å²) in [5.74, 6) is -1.39. The fourth-order valence-electron chi connectivity index (χ4n) is 1.01. The molecule has 0 aromatic heterocycles. The molecule has 0 spiro atoms. The number of carbonyl (C=O) groups is 1. The maximum absolute atomic E-state index is 10.4. The molecule has 0 fully saturated rings. The third-order valence-electron chi connectivity index (χ3n) is 1.66. The van der Waals surface area contributed by atoms with Crippen LogP contribution in [0.15, 0.2) is 18.2 Å². The van der Waals surface area contributed by atoms with Crippen molar-refractivity contribution in [3.05, 3.63) is 33.9 Å². The molecule has 0 saturated heterocycles. The zero-order valence-corrected chi connectivity index (χ0v) is 7.45. The predicted octanol–water partition coefficient (Wildman–Crippen LogP) is 1.22. The van der Waals surface area contributed by atoms with Crippen LogP contribution >= 0.6 is 0 Å². The van der Waals surface area contributed by atoms with Crippen molar-refractivity contribution in [1.82, 2.24) is 0 Å². The Balaban J connectivity index is 3.29. The minimum atomic E-state index is -0.826. The smallest absolute Gasteiger partial charge is 0.315 e. The van der Waals surface area contributed by atoms with Crippen LogP contribution in [0.3, 0.4) is 0 Å². The van der Waals surface area contributed by atoms with Gasteiger partial charge in [-0.2, -0.15) is 0 Å². The second-order valence-corrected chi connectivity index (χ2v) is 2.66. The minimum Gasteiger partial charge on any atom is -0.504 e. The predicted molar refractivity (Wildman–Crippen MR) is 51.5 cm³/mol. The number of benzene rings is 1. The molecular weight excluding hydrogens is 202 g/mol. The largest absolute Gasteiger partial charge is 0.504 e. The molecule has 0 aliphatic heterocycles. The molecule has 0 saturated carbocycles. The second kappa shape index (κ2) is 4.23. The van der Waals surface area contributed by atoms with Gasteiger partial charge in [-0.1, -0.05) is 6.08 Å². The van der Waals surface area contributed by atoms with E-state index in [0.717, 1.165) is 18.2 Å². The molecule has 0 radical (unpaired) electrons. The Morgan fingerprint density at radius 2 is 2.00 bits per heavy atom. The maximum atomic E-state index is 10.4. The number of hydrogen-bond acceptors (Lipinski definition) is 5. The average molecular weight is 209 g/mol. The Bertz CT molecular complexity index is 438. The van der Waals surface area contributed by atoms with E-state index in [9.17, 15) is 14.9 Å². The zero-order valence-electron chi connectivity index (χ0n) is 7.45. The van der Waals surface area contributed by atoms with E-state index in [1.54, 1.807) is 0 Å². The van der Waals surface area contributed by atoms with Gasteiger partial charge in [0.15, 0.2) is 5.75 Å². The normalized spacial score (nSPS) is 10.4. The molecule has 1 aromatic carbocycles. The van der Waals surface area contributed by atoms with Gasteiger partial charge in [-0.3, -0.25) is 14.9 Å². The molecule has 0 atom stereocenters. The summed E-state index contributed by atoms with van der Waals surface area (Å²) >= 11 is 0. The summed E-state index contributed by atoms with van der Waals surface area (Å²) in [5, 5.41) is 28.7. The highest BCUT2D eigenvalue weighted by atomic mass is 16.6. The van der Waals surface area contributed by atoms with E-state index in [1.807, 2.05) is 0 Å². The van der Waals surface area contributed by atoms with Crippen molar-refractivity contribution in [1.29, 1.82) is 0 Å². The highest BCUT2D eigenvalue weighted by Crippen LogP contribution is 2.36. The third kappa shape index (κ3) is 2.31. The molecule has 0 amide bonds. The number of aromatic hydroxyl groups is 2. The summed E-state index contributed by atoms with van der Waals surface area (Å²) < 4.78 is 0. The molecular formula is C9H7NO5. The molecule has 0 unspecified atom stereocenters. The van der Waals surface area contributed by atoms with Gasteiger partial charge in [-0.25, -0.2) is 0 Å². The number of nitrogens with zero attached hydrogens (tertiary/aromatic N) is 1. The molecule has 0 heterocycles. The Kier molecular flexibility index (Phi) is 3.02. The molecule has 0 aliphatic rings. The van der Waals surface area contributed by atoms with Crippen LogP contribution in [-0.2, 0) is 4.79 Å². The molecule has 78 valence electrons. The van der Waals surface area contributed by atoms with E-state index in [4.69, 9.17) is 10.2 Å². The first kappa shape index (κ1) is 10.7. The number of rotatable bonds is 3. The van der Waals surface area contributed by atoms with Crippen LogP contribution in [0.4, 0.5) is 5.69 Å². The number of hydrogen-bond donors (Lipinski definition) is 2. The minimum absolute atomic E-state index is 0.254. The van der Waals surface area contributed by atoms with Crippen LogP contribution in [0, 0.1) is 10.1 Å². The number of carbonyl (C=O) groups excluding carboxylic acids is 1. The fraction of sp³-hybridized carbons (Fsp3) is 0. The van der Waals surface area contributed by atoms with Gasteiger partial charge >= 0.3 is 5.69 Å². The Morgan fingerprint density at radius 3 is 2.53 bits per heavy atom. The SMILES string of the molecule is O=CC=Cc1cc(O)c(O)c([N+](=O)[O-])c1. The average Bonchev–Trinajstić information content (AvgIpc) is 2.19. The van der Waals surface area contributed by atoms with E-state index in [-0.39, 0.29) is 5.56 Å². The summed E-state index contributed by atoms with van der Waals surface area (Å²) in [6.45, 7) is 0. The lowest BCUT2D eigenvalue weighted by atomic mass is 10.1. The number of allylic oxidation sites excluding steroid dienone is 1. The van der Waals surface area contributed by atoms with Crippen molar-refractivity contribution in [2.24, 2.45) is 0 Å². The number of nitro groups is 1. The first-order valence-electron chi connectivity index (χ1n) is 3.88. The summed E-state index contributed by atoms with van der Waals surface area (Å²) in [5.41, 5.74) is -0.357. The van der Waals surface area contributed by atoms with E-state index >= 15 is 0 Å². The van der Waals surface area contributed by atoms with Gasteiger partial charge < -0.3 is 10.2 Å². The van der Waals surface area contributed by atoms with Gasteiger partial charge in [-0.15, -0.1) is 0 Å². The monoisotopic (exact) mass is 209 g/mol. The lowest BCUT2D eigenvalue weighted by Crippen LogP contribution is -1.89. The topological polar surface area (TPSA) is 101 Å². The lowest BCUT2D eigenvalue weighted by Gasteiger charge is -2.00. The van der Waals surface area contributed by atoms with Crippen molar-refractivity contribution in [2.45, 2.75) is 0 Å². The Morgan fingerprint density at radius 1 is 1.33 bits per heavy atom. The quantitative estimate of drug-likeness (QED) is 0.256. The van der Waals surface area contributed by atoms with Gasteiger partial charge in [0.25, 0.3) is 0 Å². The highest BCUT2D eigenvalue weighted by molar-refractivity contribution is 5.75. The third-order valence-corrected chi connectivity index (χ3v) is 1.66. The van der Waals surface area contributed by atoms with E-state index in [2.05, 4.69) is 0 Å². The fourth-order valence-corrected chi connectivity index (χ4v) is 1.01.